The molecule has 6 aromatic carbocycles. The number of aromatic nitrogens is 4. The van der Waals surface area contributed by atoms with Crippen molar-refractivity contribution in [3.8, 4) is 56.4 Å². The van der Waals surface area contributed by atoms with Crippen molar-refractivity contribution in [2.45, 2.75) is 6.17 Å². The molecule has 0 spiro atoms. The molecule has 0 fully saturated rings. The van der Waals surface area contributed by atoms with E-state index in [-0.39, 0.29) is 6.17 Å². The van der Waals surface area contributed by atoms with E-state index >= 15 is 0 Å². The molecule has 1 aliphatic heterocycles. The lowest BCUT2D eigenvalue weighted by molar-refractivity contribution is 0.832. The number of benzene rings is 6. The molecule has 0 saturated heterocycles. The third-order valence-corrected chi connectivity index (χ3v) is 11.0. The zero-order chi connectivity index (χ0) is 36.6. The van der Waals surface area contributed by atoms with Crippen molar-refractivity contribution in [2.24, 2.45) is 4.99 Å². The van der Waals surface area contributed by atoms with Gasteiger partial charge in [0.25, 0.3) is 0 Å². The number of nitrogens with zero attached hydrogens (tertiary/aromatic N) is 5. The van der Waals surface area contributed by atoms with Gasteiger partial charge in [0.1, 0.15) is 11.0 Å². The van der Waals surface area contributed by atoms with Crippen LogP contribution in [0, 0.1) is 0 Å². The average molecular weight is 725 g/mol. The number of fused-ring (bicyclic) bond motifs is 3. The highest BCUT2D eigenvalue weighted by molar-refractivity contribution is 7.21. The van der Waals surface area contributed by atoms with Crippen molar-refractivity contribution in [1.29, 1.82) is 0 Å². The molecule has 10 rings (SSSR count). The Balaban J connectivity index is 1.04. The summed E-state index contributed by atoms with van der Waals surface area (Å²) in [5, 5.41) is 4.84. The van der Waals surface area contributed by atoms with Crippen molar-refractivity contribution in [3.63, 3.8) is 0 Å². The first kappa shape index (κ1) is 32.6. The number of hydrogen-bond acceptors (Lipinski definition) is 7. The largest absolute Gasteiger partial charge is 0.358 e. The van der Waals surface area contributed by atoms with Gasteiger partial charge >= 0.3 is 0 Å². The maximum atomic E-state index is 5.35. The fourth-order valence-corrected chi connectivity index (χ4v) is 8.17. The molecule has 3 aromatic heterocycles. The van der Waals surface area contributed by atoms with E-state index in [2.05, 4.69) is 133 Å². The lowest BCUT2D eigenvalue weighted by Gasteiger charge is -2.24. The molecule has 1 atom stereocenters. The van der Waals surface area contributed by atoms with Gasteiger partial charge in [-0.05, 0) is 46.0 Å². The topological polar surface area (TPSA) is 76.0 Å². The first-order chi connectivity index (χ1) is 27.2. The fraction of sp³-hybridized carbons (Fsp3) is 0.0208. The van der Waals surface area contributed by atoms with E-state index < -0.39 is 0 Å². The van der Waals surface area contributed by atoms with E-state index in [1.807, 2.05) is 54.7 Å². The predicted octanol–water partition coefficient (Wildman–Crippen LogP) is 11.8. The first-order valence-corrected chi connectivity index (χ1v) is 19.0. The van der Waals surface area contributed by atoms with Gasteiger partial charge in [0.05, 0.1) is 16.3 Å². The summed E-state index contributed by atoms with van der Waals surface area (Å²) in [6, 6.07) is 60.5. The molecule has 0 bridgehead atoms. The van der Waals surface area contributed by atoms with Crippen LogP contribution in [0.15, 0.2) is 187 Å². The maximum absolute atomic E-state index is 5.35. The molecule has 1 unspecified atom stereocenters. The number of anilines is 1. The van der Waals surface area contributed by atoms with Crippen molar-refractivity contribution >= 4 is 33.0 Å². The molecule has 4 heterocycles. The second kappa shape index (κ2) is 14.0. The number of aliphatic imine (C=N–C) groups is 1. The molecule has 1 aliphatic rings. The Labute approximate surface area is 322 Å². The second-order valence-corrected chi connectivity index (χ2v) is 14.4. The summed E-state index contributed by atoms with van der Waals surface area (Å²) in [5.41, 5.74) is 11.5. The molecule has 0 amide bonds. The van der Waals surface area contributed by atoms with Gasteiger partial charge < -0.3 is 5.32 Å². The van der Waals surface area contributed by atoms with Crippen LogP contribution in [0.25, 0.3) is 66.6 Å². The van der Waals surface area contributed by atoms with Gasteiger partial charge in [0, 0.05) is 33.8 Å². The minimum absolute atomic E-state index is 0.267. The SMILES string of the molecule is c1ccc(-c2ccc(C3N=C(c4ccc(-c5nc(-c6ccccc6)nc(-c6cccc(-c7ccccc7)c6)n5)cc4)c4sc5ncccc5c4N3)cc2)cc1. The van der Waals surface area contributed by atoms with Crippen LogP contribution in [-0.2, 0) is 0 Å². The van der Waals surface area contributed by atoms with Gasteiger partial charge in [-0.15, -0.1) is 11.3 Å². The van der Waals surface area contributed by atoms with E-state index in [0.29, 0.717) is 17.5 Å². The molecule has 6 nitrogen and oxygen atoms in total. The average Bonchev–Trinajstić information content (AvgIpc) is 3.66. The summed E-state index contributed by atoms with van der Waals surface area (Å²) in [4.78, 5) is 27.1. The van der Waals surface area contributed by atoms with Gasteiger partial charge in [0.2, 0.25) is 0 Å². The van der Waals surface area contributed by atoms with Gasteiger partial charge in [-0.2, -0.15) is 0 Å². The summed E-state index contributed by atoms with van der Waals surface area (Å²) >= 11 is 1.66. The van der Waals surface area contributed by atoms with E-state index in [0.717, 1.165) is 65.4 Å². The van der Waals surface area contributed by atoms with E-state index in [1.54, 1.807) is 11.3 Å². The van der Waals surface area contributed by atoms with Crippen LogP contribution in [-0.4, -0.2) is 25.6 Å². The molecule has 1 N–H and O–H groups in total. The molecule has 0 aliphatic carbocycles. The van der Waals surface area contributed by atoms with Gasteiger partial charge in [-0.3, -0.25) is 4.99 Å². The Kier molecular flexibility index (Phi) is 8.31. The summed E-state index contributed by atoms with van der Waals surface area (Å²) in [6.07, 6.45) is 1.58. The van der Waals surface area contributed by atoms with E-state index in [9.17, 15) is 0 Å². The summed E-state index contributed by atoms with van der Waals surface area (Å²) < 4.78 is 0. The number of rotatable bonds is 7. The van der Waals surface area contributed by atoms with Crippen molar-refractivity contribution in [3.05, 3.63) is 198 Å². The molecule has 0 saturated carbocycles. The maximum Gasteiger partial charge on any atom is 0.164 e. The van der Waals surface area contributed by atoms with Gasteiger partial charge in [-0.1, -0.05) is 158 Å². The Hall–Kier alpha value is -7.09. The number of pyridine rings is 1. The van der Waals surface area contributed by atoms with Crippen LogP contribution >= 0.6 is 11.3 Å². The molecule has 7 heteroatoms. The van der Waals surface area contributed by atoms with E-state index in [1.165, 1.54) is 11.1 Å². The third kappa shape index (κ3) is 6.37. The normalized spacial score (nSPS) is 13.5. The highest BCUT2D eigenvalue weighted by Crippen LogP contribution is 2.42. The quantitative estimate of drug-likeness (QED) is 0.177. The van der Waals surface area contributed by atoms with Gasteiger partial charge in [0.15, 0.2) is 17.5 Å². The number of hydrogen-bond donors (Lipinski definition) is 1. The van der Waals surface area contributed by atoms with Crippen LogP contribution in [0.1, 0.15) is 22.2 Å². The zero-order valence-electron chi connectivity index (χ0n) is 29.5. The molecular formula is C48H32N6S. The molecule has 0 radical (unpaired) electrons. The van der Waals surface area contributed by atoms with E-state index in [4.69, 9.17) is 24.9 Å². The van der Waals surface area contributed by atoms with Gasteiger partial charge in [-0.25, -0.2) is 19.9 Å². The van der Waals surface area contributed by atoms with Crippen LogP contribution in [0.5, 0.6) is 0 Å². The summed E-state index contributed by atoms with van der Waals surface area (Å²) in [6.45, 7) is 0. The molecular weight excluding hydrogens is 693 g/mol. The monoisotopic (exact) mass is 724 g/mol. The standard InChI is InChI=1S/C48H32N6S/c1-4-12-31(13-5-1)33-21-25-36(26-22-33)44-50-41(43-42(51-44)40-20-11-29-49-48(40)55-43)34-23-27-37(28-24-34)46-52-45(35-16-8-3-9-17-35)53-47(54-46)39-19-10-18-38(30-39)32-14-6-2-7-15-32/h1-30,44,51H. The van der Waals surface area contributed by atoms with Crippen LogP contribution in [0.3, 0.4) is 0 Å². The zero-order valence-corrected chi connectivity index (χ0v) is 30.4. The Morgan fingerprint density at radius 2 is 0.945 bits per heavy atom. The summed E-state index contributed by atoms with van der Waals surface area (Å²) in [5.74, 6) is 1.86. The van der Waals surface area contributed by atoms with Crippen LogP contribution in [0.2, 0.25) is 0 Å². The fourth-order valence-electron chi connectivity index (χ4n) is 7.05. The van der Waals surface area contributed by atoms with Crippen molar-refractivity contribution < 1.29 is 0 Å². The lowest BCUT2D eigenvalue weighted by Crippen LogP contribution is -2.19. The number of thiophene rings is 1. The minimum atomic E-state index is -0.267. The first-order valence-electron chi connectivity index (χ1n) is 18.2. The van der Waals surface area contributed by atoms with Crippen LogP contribution in [0.4, 0.5) is 5.69 Å². The third-order valence-electron chi connectivity index (χ3n) is 9.87. The second-order valence-electron chi connectivity index (χ2n) is 13.4. The molecule has 9 aromatic rings. The van der Waals surface area contributed by atoms with Crippen molar-refractivity contribution in [1.82, 2.24) is 19.9 Å². The minimum Gasteiger partial charge on any atom is -0.358 e. The van der Waals surface area contributed by atoms with Crippen LogP contribution < -0.4 is 5.32 Å². The smallest absolute Gasteiger partial charge is 0.164 e. The number of nitrogens with one attached hydrogen (secondary N) is 1. The Morgan fingerprint density at radius 3 is 1.62 bits per heavy atom. The Morgan fingerprint density at radius 1 is 0.436 bits per heavy atom. The van der Waals surface area contributed by atoms with Crippen molar-refractivity contribution in [2.75, 3.05) is 5.32 Å². The summed E-state index contributed by atoms with van der Waals surface area (Å²) in [7, 11) is 0. The molecule has 55 heavy (non-hydrogen) atoms. The molecule has 260 valence electrons. The highest BCUT2D eigenvalue weighted by atomic mass is 32.1. The predicted molar refractivity (Wildman–Crippen MR) is 225 cm³/mol. The highest BCUT2D eigenvalue weighted by Gasteiger charge is 2.27. The lowest BCUT2D eigenvalue weighted by atomic mass is 10.00. The Bertz CT molecular complexity index is 2820.